The molecule has 0 aliphatic heterocycles. The van der Waals surface area contributed by atoms with Crippen molar-refractivity contribution in [2.24, 2.45) is 0 Å². The van der Waals surface area contributed by atoms with Crippen LogP contribution in [-0.4, -0.2) is 16.8 Å². The number of aromatic nitrogens is 2. The Morgan fingerprint density at radius 1 is 1.12 bits per heavy atom. The molecule has 1 N–H and O–H groups in total. The van der Waals surface area contributed by atoms with E-state index < -0.39 is 0 Å². The largest absolute Gasteiger partial charge is 0.494 e. The minimum Gasteiger partial charge on any atom is -0.494 e. The molecule has 0 radical (unpaired) electrons. The summed E-state index contributed by atoms with van der Waals surface area (Å²) in [5, 5.41) is 7.27. The predicted molar refractivity (Wildman–Crippen MR) is 69.4 cm³/mol. The van der Waals surface area contributed by atoms with Crippen LogP contribution in [0.3, 0.4) is 0 Å². The van der Waals surface area contributed by atoms with E-state index in [2.05, 4.69) is 42.2 Å². The van der Waals surface area contributed by atoms with Crippen molar-refractivity contribution in [1.82, 2.24) is 10.2 Å². The van der Waals surface area contributed by atoms with Gasteiger partial charge < -0.3 is 4.74 Å². The van der Waals surface area contributed by atoms with Gasteiger partial charge in [-0.2, -0.15) is 5.10 Å². The summed E-state index contributed by atoms with van der Waals surface area (Å²) in [6.07, 6.45) is 0. The lowest BCUT2D eigenvalue weighted by Crippen LogP contribution is -1.96. The van der Waals surface area contributed by atoms with Crippen LogP contribution in [0.25, 0.3) is 11.3 Å². The number of hydrogen-bond donors (Lipinski definition) is 1. The second-order valence-corrected chi connectivity index (χ2v) is 4.30. The Labute approximate surface area is 102 Å². The predicted octanol–water partition coefficient (Wildman–Crippen LogP) is 3.40. The van der Waals surface area contributed by atoms with Gasteiger partial charge in [-0.15, -0.1) is 0 Å². The first-order chi connectivity index (χ1) is 8.11. The van der Waals surface area contributed by atoms with Gasteiger partial charge in [-0.3, -0.25) is 5.10 Å². The summed E-state index contributed by atoms with van der Waals surface area (Å²) in [5.41, 5.74) is 5.56. The fraction of sp³-hybridized carbons (Fsp3) is 0.357. The van der Waals surface area contributed by atoms with E-state index in [0.717, 1.165) is 28.3 Å². The maximum Gasteiger partial charge on any atom is 0.122 e. The molecule has 1 aromatic carbocycles. The molecule has 0 atom stereocenters. The first kappa shape index (κ1) is 11.7. The molecule has 3 nitrogen and oxygen atoms in total. The van der Waals surface area contributed by atoms with Crippen molar-refractivity contribution < 1.29 is 4.74 Å². The van der Waals surface area contributed by atoms with Crippen molar-refractivity contribution in [3.63, 3.8) is 0 Å². The second kappa shape index (κ2) is 4.62. The summed E-state index contributed by atoms with van der Waals surface area (Å²) >= 11 is 0. The van der Waals surface area contributed by atoms with Crippen LogP contribution < -0.4 is 4.74 Å². The average Bonchev–Trinajstić information content (AvgIpc) is 2.70. The van der Waals surface area contributed by atoms with Crippen LogP contribution in [0, 0.1) is 20.8 Å². The fourth-order valence-corrected chi connectivity index (χ4v) is 1.93. The molecule has 0 bridgehead atoms. The van der Waals surface area contributed by atoms with Gasteiger partial charge in [-0.05, 0) is 57.0 Å². The van der Waals surface area contributed by atoms with E-state index in [1.807, 2.05) is 13.8 Å². The molecule has 0 aliphatic carbocycles. The molecule has 1 heterocycles. The van der Waals surface area contributed by atoms with Gasteiger partial charge in [0.25, 0.3) is 0 Å². The second-order valence-electron chi connectivity index (χ2n) is 4.30. The van der Waals surface area contributed by atoms with E-state index in [1.165, 1.54) is 5.56 Å². The van der Waals surface area contributed by atoms with E-state index in [9.17, 15) is 0 Å². The molecular formula is C14H18N2O. The molecule has 2 aromatic rings. The van der Waals surface area contributed by atoms with Crippen LogP contribution in [0.5, 0.6) is 5.75 Å². The number of ether oxygens (including phenoxy) is 1. The van der Waals surface area contributed by atoms with Crippen LogP contribution in [0.1, 0.15) is 23.7 Å². The summed E-state index contributed by atoms with van der Waals surface area (Å²) < 4.78 is 5.59. The SMILES string of the molecule is CCOc1cc(C)c(-c2cc(C)[nH]n2)cc1C. The Morgan fingerprint density at radius 2 is 1.88 bits per heavy atom. The highest BCUT2D eigenvalue weighted by Gasteiger charge is 2.09. The van der Waals surface area contributed by atoms with E-state index in [-0.39, 0.29) is 0 Å². The molecule has 0 unspecified atom stereocenters. The summed E-state index contributed by atoms with van der Waals surface area (Å²) in [6, 6.07) is 6.27. The van der Waals surface area contributed by atoms with Gasteiger partial charge in [0, 0.05) is 11.3 Å². The van der Waals surface area contributed by atoms with Crippen LogP contribution in [0.2, 0.25) is 0 Å². The average molecular weight is 230 g/mol. The molecule has 2 rings (SSSR count). The third-order valence-electron chi connectivity index (χ3n) is 2.80. The van der Waals surface area contributed by atoms with Crippen molar-refractivity contribution in [2.75, 3.05) is 6.61 Å². The number of rotatable bonds is 3. The Bertz CT molecular complexity index is 529. The zero-order chi connectivity index (χ0) is 12.4. The maximum absolute atomic E-state index is 5.59. The van der Waals surface area contributed by atoms with Gasteiger partial charge in [0.2, 0.25) is 0 Å². The molecule has 3 heteroatoms. The topological polar surface area (TPSA) is 37.9 Å². The fourth-order valence-electron chi connectivity index (χ4n) is 1.93. The smallest absolute Gasteiger partial charge is 0.122 e. The van der Waals surface area contributed by atoms with Crippen molar-refractivity contribution in [2.45, 2.75) is 27.7 Å². The molecule has 17 heavy (non-hydrogen) atoms. The molecule has 0 aliphatic rings. The van der Waals surface area contributed by atoms with Crippen molar-refractivity contribution in [3.05, 3.63) is 35.0 Å². The molecule has 90 valence electrons. The van der Waals surface area contributed by atoms with Crippen LogP contribution in [0.15, 0.2) is 18.2 Å². The van der Waals surface area contributed by atoms with Gasteiger partial charge in [-0.1, -0.05) is 0 Å². The van der Waals surface area contributed by atoms with E-state index in [1.54, 1.807) is 0 Å². The molecule has 0 saturated carbocycles. The van der Waals surface area contributed by atoms with Gasteiger partial charge in [0.05, 0.1) is 12.3 Å². The molecular weight excluding hydrogens is 212 g/mol. The lowest BCUT2D eigenvalue weighted by atomic mass is 10.0. The molecule has 0 amide bonds. The first-order valence-electron chi connectivity index (χ1n) is 5.88. The zero-order valence-electron chi connectivity index (χ0n) is 10.8. The molecule has 1 aromatic heterocycles. The summed E-state index contributed by atoms with van der Waals surface area (Å²) in [5.74, 6) is 0.959. The first-order valence-corrected chi connectivity index (χ1v) is 5.88. The van der Waals surface area contributed by atoms with Gasteiger partial charge in [0.15, 0.2) is 0 Å². The lowest BCUT2D eigenvalue weighted by Gasteiger charge is -2.11. The Morgan fingerprint density at radius 3 is 2.47 bits per heavy atom. The number of nitrogens with zero attached hydrogens (tertiary/aromatic N) is 1. The highest BCUT2D eigenvalue weighted by molar-refractivity contribution is 5.66. The Hall–Kier alpha value is -1.77. The third kappa shape index (κ3) is 2.33. The van der Waals surface area contributed by atoms with E-state index in [0.29, 0.717) is 6.61 Å². The van der Waals surface area contributed by atoms with Crippen molar-refractivity contribution in [3.8, 4) is 17.0 Å². The van der Waals surface area contributed by atoms with Gasteiger partial charge in [-0.25, -0.2) is 0 Å². The monoisotopic (exact) mass is 230 g/mol. The minimum atomic E-state index is 0.696. The number of aromatic amines is 1. The normalized spacial score (nSPS) is 10.6. The van der Waals surface area contributed by atoms with Gasteiger partial charge >= 0.3 is 0 Å². The van der Waals surface area contributed by atoms with Gasteiger partial charge in [0.1, 0.15) is 5.75 Å². The maximum atomic E-state index is 5.59. The summed E-state index contributed by atoms with van der Waals surface area (Å²) in [6.45, 7) is 8.85. The summed E-state index contributed by atoms with van der Waals surface area (Å²) in [4.78, 5) is 0. The Kier molecular flexibility index (Phi) is 3.18. The third-order valence-corrected chi connectivity index (χ3v) is 2.80. The number of benzene rings is 1. The summed E-state index contributed by atoms with van der Waals surface area (Å²) in [7, 11) is 0. The van der Waals surface area contributed by atoms with Crippen LogP contribution in [-0.2, 0) is 0 Å². The zero-order valence-corrected chi connectivity index (χ0v) is 10.8. The molecule has 0 saturated heterocycles. The number of H-pyrrole nitrogens is 1. The van der Waals surface area contributed by atoms with Crippen molar-refractivity contribution in [1.29, 1.82) is 0 Å². The van der Waals surface area contributed by atoms with E-state index >= 15 is 0 Å². The number of hydrogen-bond acceptors (Lipinski definition) is 2. The Balaban J connectivity index is 2.46. The number of nitrogens with one attached hydrogen (secondary N) is 1. The highest BCUT2D eigenvalue weighted by atomic mass is 16.5. The number of aryl methyl sites for hydroxylation is 3. The quantitative estimate of drug-likeness (QED) is 0.877. The lowest BCUT2D eigenvalue weighted by molar-refractivity contribution is 0.337. The van der Waals surface area contributed by atoms with Crippen LogP contribution >= 0.6 is 0 Å². The minimum absolute atomic E-state index is 0.696. The highest BCUT2D eigenvalue weighted by Crippen LogP contribution is 2.29. The standard InChI is InChI=1S/C14H18N2O/c1-5-17-14-7-9(2)12(6-10(14)3)13-8-11(4)15-16-13/h6-8H,5H2,1-4H3,(H,15,16). The van der Waals surface area contributed by atoms with Crippen molar-refractivity contribution >= 4 is 0 Å². The molecule has 0 spiro atoms. The van der Waals surface area contributed by atoms with E-state index in [4.69, 9.17) is 4.74 Å². The van der Waals surface area contributed by atoms with Crippen LogP contribution in [0.4, 0.5) is 0 Å². The molecule has 0 fully saturated rings.